The van der Waals surface area contributed by atoms with Crippen molar-refractivity contribution < 1.29 is 14.3 Å². The van der Waals surface area contributed by atoms with E-state index < -0.39 is 0 Å². The summed E-state index contributed by atoms with van der Waals surface area (Å²) in [4.78, 5) is 14.3. The van der Waals surface area contributed by atoms with Crippen LogP contribution >= 0.6 is 0 Å². The molecule has 0 bridgehead atoms. The third kappa shape index (κ3) is 4.22. The van der Waals surface area contributed by atoms with Crippen molar-refractivity contribution >= 4 is 11.7 Å². The Morgan fingerprint density at radius 3 is 2.69 bits per heavy atom. The molecule has 0 unspecified atom stereocenters. The number of aromatic hydroxyl groups is 1. The molecule has 0 aliphatic heterocycles. The number of hydrogen-bond acceptors (Lipinski definition) is 4. The first-order valence-corrected chi connectivity index (χ1v) is 8.01. The van der Waals surface area contributed by atoms with Gasteiger partial charge in [-0.15, -0.1) is 0 Å². The van der Waals surface area contributed by atoms with Gasteiger partial charge in [0.1, 0.15) is 11.5 Å². The molecule has 1 heterocycles. The second kappa shape index (κ2) is 7.90. The van der Waals surface area contributed by atoms with Gasteiger partial charge in [0.2, 0.25) is 0 Å². The third-order valence-corrected chi connectivity index (χ3v) is 3.81. The number of carbonyl (C=O) groups excluding carboxylic acids is 1. The number of furan rings is 1. The highest BCUT2D eigenvalue weighted by atomic mass is 16.3. The lowest BCUT2D eigenvalue weighted by molar-refractivity contribution is 0.200. The highest BCUT2D eigenvalue weighted by Gasteiger charge is 2.17. The number of benzene rings is 2. The lowest BCUT2D eigenvalue weighted by Crippen LogP contribution is -2.34. The number of nitrogens with one attached hydrogen (secondary N) is 1. The number of phenols is 1. The summed E-state index contributed by atoms with van der Waals surface area (Å²) in [6.45, 7) is 0.447. The first kappa shape index (κ1) is 17.1. The molecular weight excluding hydrogens is 330 g/mol. The van der Waals surface area contributed by atoms with Crippen molar-refractivity contribution in [2.75, 3.05) is 5.32 Å². The van der Waals surface area contributed by atoms with Gasteiger partial charge in [0.15, 0.2) is 0 Å². The maximum atomic E-state index is 12.8. The summed E-state index contributed by atoms with van der Waals surface area (Å²) in [6.07, 6.45) is 1.54. The second-order valence-electron chi connectivity index (χ2n) is 5.69. The number of rotatable bonds is 5. The van der Waals surface area contributed by atoms with Crippen molar-refractivity contribution in [2.24, 2.45) is 0 Å². The summed E-state index contributed by atoms with van der Waals surface area (Å²) in [7, 11) is 0. The maximum Gasteiger partial charge on any atom is 0.322 e. The van der Waals surface area contributed by atoms with E-state index in [1.54, 1.807) is 66.9 Å². The predicted octanol–water partition coefficient (Wildman–Crippen LogP) is 4.09. The van der Waals surface area contributed by atoms with Gasteiger partial charge in [-0.25, -0.2) is 4.79 Å². The molecule has 0 aliphatic rings. The molecule has 0 fully saturated rings. The molecule has 6 nitrogen and oxygen atoms in total. The molecule has 2 aromatic carbocycles. The maximum absolute atomic E-state index is 12.8. The summed E-state index contributed by atoms with van der Waals surface area (Å²) >= 11 is 0. The number of amides is 2. The number of urea groups is 1. The molecule has 0 saturated heterocycles. The van der Waals surface area contributed by atoms with Gasteiger partial charge >= 0.3 is 6.03 Å². The molecule has 2 N–H and O–H groups in total. The van der Waals surface area contributed by atoms with Crippen molar-refractivity contribution in [3.8, 4) is 11.8 Å². The van der Waals surface area contributed by atoms with E-state index in [0.29, 0.717) is 22.6 Å². The fraction of sp³-hybridized carbons (Fsp3) is 0.100. The van der Waals surface area contributed by atoms with Crippen LogP contribution in [-0.2, 0) is 13.1 Å². The molecule has 2 amide bonds. The predicted molar refractivity (Wildman–Crippen MR) is 96.2 cm³/mol. The minimum Gasteiger partial charge on any atom is -0.508 e. The van der Waals surface area contributed by atoms with Crippen LogP contribution in [0, 0.1) is 11.3 Å². The Morgan fingerprint density at radius 1 is 1.12 bits per heavy atom. The van der Waals surface area contributed by atoms with Crippen LogP contribution in [0.4, 0.5) is 10.5 Å². The minimum atomic E-state index is -0.361. The summed E-state index contributed by atoms with van der Waals surface area (Å²) in [5.74, 6) is 0.748. The normalized spacial score (nSPS) is 10.1. The first-order valence-electron chi connectivity index (χ1n) is 8.01. The molecular formula is C20H17N3O3. The highest BCUT2D eigenvalue weighted by molar-refractivity contribution is 5.89. The van der Waals surface area contributed by atoms with Crippen molar-refractivity contribution in [1.82, 2.24) is 4.90 Å². The first-order chi connectivity index (χ1) is 12.7. The highest BCUT2D eigenvalue weighted by Crippen LogP contribution is 2.20. The van der Waals surface area contributed by atoms with Gasteiger partial charge in [0.05, 0.1) is 31.0 Å². The van der Waals surface area contributed by atoms with Crippen LogP contribution in [0.25, 0.3) is 0 Å². The fourth-order valence-corrected chi connectivity index (χ4v) is 2.51. The van der Waals surface area contributed by atoms with Gasteiger partial charge < -0.3 is 19.7 Å². The number of carbonyl (C=O) groups is 1. The zero-order chi connectivity index (χ0) is 18.4. The molecule has 1 aromatic heterocycles. The molecule has 130 valence electrons. The van der Waals surface area contributed by atoms with E-state index in [0.717, 1.165) is 0 Å². The monoisotopic (exact) mass is 347 g/mol. The second-order valence-corrected chi connectivity index (χ2v) is 5.69. The molecule has 0 radical (unpaired) electrons. The molecule has 3 rings (SSSR count). The Balaban J connectivity index is 1.80. The van der Waals surface area contributed by atoms with Crippen molar-refractivity contribution in [2.45, 2.75) is 13.1 Å². The van der Waals surface area contributed by atoms with E-state index in [4.69, 9.17) is 9.68 Å². The van der Waals surface area contributed by atoms with Crippen LogP contribution in [0.2, 0.25) is 0 Å². The molecule has 0 aliphatic carbocycles. The summed E-state index contributed by atoms with van der Waals surface area (Å²) in [5, 5.41) is 21.8. The Hall–Kier alpha value is -3.72. The lowest BCUT2D eigenvalue weighted by atomic mass is 10.2. The zero-order valence-electron chi connectivity index (χ0n) is 13.9. The van der Waals surface area contributed by atoms with Gasteiger partial charge in [0, 0.05) is 11.3 Å². The van der Waals surface area contributed by atoms with E-state index in [9.17, 15) is 9.90 Å². The van der Waals surface area contributed by atoms with Crippen molar-refractivity contribution in [1.29, 1.82) is 5.26 Å². The molecule has 26 heavy (non-hydrogen) atoms. The van der Waals surface area contributed by atoms with Crippen LogP contribution in [0.3, 0.4) is 0 Å². The van der Waals surface area contributed by atoms with E-state index in [1.165, 1.54) is 4.90 Å². The topological polar surface area (TPSA) is 89.5 Å². The molecule has 0 atom stereocenters. The van der Waals surface area contributed by atoms with E-state index >= 15 is 0 Å². The third-order valence-electron chi connectivity index (χ3n) is 3.81. The van der Waals surface area contributed by atoms with Gasteiger partial charge in [-0.05, 0) is 36.4 Å². The van der Waals surface area contributed by atoms with Crippen molar-refractivity contribution in [3.63, 3.8) is 0 Å². The Bertz CT molecular complexity index is 929. The van der Waals surface area contributed by atoms with Crippen LogP contribution in [0.1, 0.15) is 16.9 Å². The number of nitrogens with zero attached hydrogens (tertiary/aromatic N) is 2. The van der Waals surface area contributed by atoms with Crippen LogP contribution in [0.5, 0.6) is 5.75 Å². The van der Waals surface area contributed by atoms with E-state index in [1.807, 2.05) is 6.07 Å². The average Bonchev–Trinajstić information content (AvgIpc) is 3.16. The number of hydrogen-bond donors (Lipinski definition) is 2. The average molecular weight is 347 g/mol. The summed E-state index contributed by atoms with van der Waals surface area (Å²) in [5.41, 5.74) is 1.61. The molecule has 6 heteroatoms. The number of anilines is 1. The Kier molecular flexibility index (Phi) is 5.20. The fourth-order valence-electron chi connectivity index (χ4n) is 2.51. The SMILES string of the molecule is N#Cc1cccc(NC(=O)N(Cc2ccco2)Cc2ccccc2O)c1. The minimum absolute atomic E-state index is 0.122. The largest absolute Gasteiger partial charge is 0.508 e. The van der Waals surface area contributed by atoms with Crippen molar-refractivity contribution in [3.05, 3.63) is 83.8 Å². The Morgan fingerprint density at radius 2 is 1.96 bits per heavy atom. The smallest absolute Gasteiger partial charge is 0.322 e. The quantitative estimate of drug-likeness (QED) is 0.727. The molecule has 0 saturated carbocycles. The summed E-state index contributed by atoms with van der Waals surface area (Å²) < 4.78 is 5.34. The Labute approximate surface area is 150 Å². The van der Waals surface area contributed by atoms with Gasteiger partial charge in [-0.1, -0.05) is 24.3 Å². The number of para-hydroxylation sites is 1. The molecule has 0 spiro atoms. The number of phenolic OH excluding ortho intramolecular Hbond substituents is 1. The zero-order valence-corrected chi connectivity index (χ0v) is 13.9. The van der Waals surface area contributed by atoms with Crippen LogP contribution < -0.4 is 5.32 Å². The van der Waals surface area contributed by atoms with Gasteiger partial charge in [0.25, 0.3) is 0 Å². The lowest BCUT2D eigenvalue weighted by Gasteiger charge is -2.23. The van der Waals surface area contributed by atoms with Gasteiger partial charge in [-0.2, -0.15) is 5.26 Å². The standard InChI is InChI=1S/C20H17N3O3/c21-12-15-5-3-7-17(11-15)22-20(25)23(14-18-8-4-10-26-18)13-16-6-1-2-9-19(16)24/h1-11,24H,13-14H2,(H,22,25). The van der Waals surface area contributed by atoms with E-state index in [-0.39, 0.29) is 24.9 Å². The van der Waals surface area contributed by atoms with E-state index in [2.05, 4.69) is 5.32 Å². The van der Waals surface area contributed by atoms with Crippen LogP contribution in [0.15, 0.2) is 71.3 Å². The molecule has 3 aromatic rings. The number of nitriles is 1. The van der Waals surface area contributed by atoms with Gasteiger partial charge in [-0.3, -0.25) is 0 Å². The van der Waals surface area contributed by atoms with Crippen LogP contribution in [-0.4, -0.2) is 16.0 Å². The summed E-state index contributed by atoms with van der Waals surface area (Å²) in [6, 6.07) is 18.8.